The maximum atomic E-state index is 12.2. The van der Waals surface area contributed by atoms with Crippen molar-refractivity contribution < 1.29 is 4.79 Å². The number of nitrogens with one attached hydrogen (secondary N) is 2. The van der Waals surface area contributed by atoms with E-state index in [-0.39, 0.29) is 17.7 Å². The van der Waals surface area contributed by atoms with Crippen molar-refractivity contribution in [1.82, 2.24) is 10.6 Å². The number of amides is 1. The van der Waals surface area contributed by atoms with Crippen LogP contribution in [0.4, 0.5) is 0 Å². The van der Waals surface area contributed by atoms with E-state index in [0.29, 0.717) is 16.0 Å². The number of carbonyl (C=O) groups is 1. The Kier molecular flexibility index (Phi) is 4.72. The van der Waals surface area contributed by atoms with Crippen LogP contribution in [0.1, 0.15) is 30.7 Å². The van der Waals surface area contributed by atoms with Gasteiger partial charge in [-0.15, -0.1) is 0 Å². The summed E-state index contributed by atoms with van der Waals surface area (Å²) in [6.07, 6.45) is 3.17. The van der Waals surface area contributed by atoms with E-state index in [9.17, 15) is 4.79 Å². The van der Waals surface area contributed by atoms with Crippen LogP contribution in [-0.4, -0.2) is 25.5 Å². The minimum atomic E-state index is 0.0580. The molecule has 3 nitrogen and oxygen atoms in total. The van der Waals surface area contributed by atoms with E-state index >= 15 is 0 Å². The van der Waals surface area contributed by atoms with Crippen molar-refractivity contribution >= 4 is 29.1 Å². The van der Waals surface area contributed by atoms with Crippen molar-refractivity contribution in [3.63, 3.8) is 0 Å². The molecule has 1 saturated heterocycles. The monoisotopic (exact) mass is 326 g/mol. The fraction of sp³-hybridized carbons (Fsp3) is 0.562. The molecule has 114 valence electrons. The largest absolute Gasteiger partial charge is 0.356 e. The molecule has 1 amide bonds. The summed E-state index contributed by atoms with van der Waals surface area (Å²) in [4.78, 5) is 12.2. The average Bonchev–Trinajstić information content (AvgIpc) is 3.29. The fourth-order valence-corrected chi connectivity index (χ4v) is 3.55. The number of hydrogen-bond donors (Lipinski definition) is 2. The molecule has 0 bridgehead atoms. The van der Waals surface area contributed by atoms with Crippen molar-refractivity contribution in [2.45, 2.75) is 25.2 Å². The third-order valence-corrected chi connectivity index (χ3v) is 5.37. The zero-order valence-electron chi connectivity index (χ0n) is 11.9. The molecule has 5 heteroatoms. The molecule has 2 fully saturated rings. The number of halogens is 2. The van der Waals surface area contributed by atoms with Crippen LogP contribution in [0.25, 0.3) is 0 Å². The van der Waals surface area contributed by atoms with E-state index in [1.807, 2.05) is 12.1 Å². The fourth-order valence-electron chi connectivity index (χ4n) is 3.10. The molecule has 1 aromatic carbocycles. The van der Waals surface area contributed by atoms with Crippen molar-refractivity contribution in [3.8, 4) is 0 Å². The molecule has 0 aromatic heterocycles. The highest BCUT2D eigenvalue weighted by molar-refractivity contribution is 6.42. The summed E-state index contributed by atoms with van der Waals surface area (Å²) in [6, 6.07) is 5.65. The van der Waals surface area contributed by atoms with Crippen LogP contribution >= 0.6 is 23.2 Å². The number of carbonyl (C=O) groups excluding carboxylic acids is 1. The zero-order chi connectivity index (χ0) is 14.8. The summed E-state index contributed by atoms with van der Waals surface area (Å²) >= 11 is 12.3. The lowest BCUT2D eigenvalue weighted by molar-refractivity contribution is -0.122. The topological polar surface area (TPSA) is 41.1 Å². The van der Waals surface area contributed by atoms with Gasteiger partial charge in [0.2, 0.25) is 5.91 Å². The Morgan fingerprint density at radius 3 is 2.81 bits per heavy atom. The van der Waals surface area contributed by atoms with Gasteiger partial charge in [0.15, 0.2) is 0 Å². The second-order valence-corrected chi connectivity index (χ2v) is 6.82. The van der Waals surface area contributed by atoms with Gasteiger partial charge in [-0.05, 0) is 55.8 Å². The number of piperidine rings is 1. The van der Waals surface area contributed by atoms with Gasteiger partial charge in [0.25, 0.3) is 0 Å². The second-order valence-electron chi connectivity index (χ2n) is 6.03. The van der Waals surface area contributed by atoms with Crippen LogP contribution in [0.15, 0.2) is 18.2 Å². The molecular weight excluding hydrogens is 307 g/mol. The van der Waals surface area contributed by atoms with E-state index in [0.717, 1.165) is 44.5 Å². The van der Waals surface area contributed by atoms with E-state index in [4.69, 9.17) is 23.2 Å². The molecule has 2 N–H and O–H groups in total. The molecule has 1 heterocycles. The maximum absolute atomic E-state index is 12.2. The van der Waals surface area contributed by atoms with Crippen molar-refractivity contribution in [3.05, 3.63) is 33.8 Å². The van der Waals surface area contributed by atoms with Gasteiger partial charge < -0.3 is 10.6 Å². The lowest BCUT2D eigenvalue weighted by atomic mass is 9.98. The predicted octanol–water partition coefficient (Wildman–Crippen LogP) is 3.21. The highest BCUT2D eigenvalue weighted by Gasteiger charge is 2.45. The van der Waals surface area contributed by atoms with Crippen molar-refractivity contribution in [2.75, 3.05) is 19.6 Å². The molecule has 2 atom stereocenters. The first-order chi connectivity index (χ1) is 10.2. The molecule has 0 unspecified atom stereocenters. The van der Waals surface area contributed by atoms with E-state index in [2.05, 4.69) is 10.6 Å². The standard InChI is InChI=1S/C16H20Cl2N2O/c17-14-3-1-2-11(15(14)18)12-8-13(12)16(21)20-9-10-4-6-19-7-5-10/h1-3,10,12-13,19H,4-9H2,(H,20,21)/t12-,13-/m1/s1. The maximum Gasteiger partial charge on any atom is 0.223 e. The molecule has 1 aliphatic carbocycles. The van der Waals surface area contributed by atoms with E-state index < -0.39 is 0 Å². The minimum absolute atomic E-state index is 0.0580. The van der Waals surface area contributed by atoms with Crippen LogP contribution in [0.2, 0.25) is 10.0 Å². The van der Waals surface area contributed by atoms with Crippen LogP contribution in [0.3, 0.4) is 0 Å². The van der Waals surface area contributed by atoms with Crippen LogP contribution in [0.5, 0.6) is 0 Å². The smallest absolute Gasteiger partial charge is 0.223 e. The lowest BCUT2D eigenvalue weighted by Gasteiger charge is -2.22. The van der Waals surface area contributed by atoms with Gasteiger partial charge in [0, 0.05) is 12.5 Å². The van der Waals surface area contributed by atoms with Gasteiger partial charge in [-0.25, -0.2) is 0 Å². The Morgan fingerprint density at radius 1 is 1.29 bits per heavy atom. The van der Waals surface area contributed by atoms with E-state index in [1.54, 1.807) is 6.07 Å². The quantitative estimate of drug-likeness (QED) is 0.892. The first-order valence-electron chi connectivity index (χ1n) is 7.59. The summed E-state index contributed by atoms with van der Waals surface area (Å²) in [5.74, 6) is 1.06. The third-order valence-electron chi connectivity index (χ3n) is 4.53. The normalized spacial score (nSPS) is 25.6. The van der Waals surface area contributed by atoms with Gasteiger partial charge in [0.1, 0.15) is 0 Å². The second kappa shape index (κ2) is 6.55. The summed E-state index contributed by atoms with van der Waals surface area (Å²) < 4.78 is 0. The highest BCUT2D eigenvalue weighted by Crippen LogP contribution is 2.50. The molecule has 21 heavy (non-hydrogen) atoms. The van der Waals surface area contributed by atoms with Crippen molar-refractivity contribution in [2.24, 2.45) is 11.8 Å². The van der Waals surface area contributed by atoms with Gasteiger partial charge >= 0.3 is 0 Å². The van der Waals surface area contributed by atoms with Crippen LogP contribution in [-0.2, 0) is 4.79 Å². The Balaban J connectivity index is 1.52. The predicted molar refractivity (Wildman–Crippen MR) is 85.9 cm³/mol. The average molecular weight is 327 g/mol. The third kappa shape index (κ3) is 3.53. The van der Waals surface area contributed by atoms with Gasteiger partial charge in [-0.3, -0.25) is 4.79 Å². The summed E-state index contributed by atoms with van der Waals surface area (Å²) in [5, 5.41) is 7.60. The van der Waals surface area contributed by atoms with Crippen LogP contribution in [0, 0.1) is 11.8 Å². The Bertz CT molecular complexity index is 529. The molecule has 1 aliphatic heterocycles. The summed E-state index contributed by atoms with van der Waals surface area (Å²) in [5.41, 5.74) is 1.01. The zero-order valence-corrected chi connectivity index (χ0v) is 13.4. The van der Waals surface area contributed by atoms with Crippen molar-refractivity contribution in [1.29, 1.82) is 0 Å². The lowest BCUT2D eigenvalue weighted by Crippen LogP contribution is -2.36. The SMILES string of the molecule is O=C(NCC1CCNCC1)[C@@H]1C[C@@H]1c1cccc(Cl)c1Cl. The Morgan fingerprint density at radius 2 is 2.05 bits per heavy atom. The van der Waals surface area contributed by atoms with Gasteiger partial charge in [0.05, 0.1) is 10.0 Å². The first kappa shape index (κ1) is 15.1. The molecule has 0 spiro atoms. The van der Waals surface area contributed by atoms with Crippen LogP contribution < -0.4 is 10.6 Å². The summed E-state index contributed by atoms with van der Waals surface area (Å²) in [6.45, 7) is 2.92. The molecule has 3 rings (SSSR count). The van der Waals surface area contributed by atoms with Gasteiger partial charge in [-0.2, -0.15) is 0 Å². The molecule has 2 aliphatic rings. The number of rotatable bonds is 4. The molecular formula is C16H20Cl2N2O. The molecule has 1 aromatic rings. The Labute approximate surface area is 135 Å². The van der Waals surface area contributed by atoms with E-state index in [1.165, 1.54) is 0 Å². The minimum Gasteiger partial charge on any atom is -0.356 e. The Hall–Kier alpha value is -0.770. The molecule has 0 radical (unpaired) electrons. The highest BCUT2D eigenvalue weighted by atomic mass is 35.5. The summed E-state index contributed by atoms with van der Waals surface area (Å²) in [7, 11) is 0. The number of hydrogen-bond acceptors (Lipinski definition) is 2. The molecule has 1 saturated carbocycles. The van der Waals surface area contributed by atoms with Gasteiger partial charge in [-0.1, -0.05) is 35.3 Å². The number of benzene rings is 1. The first-order valence-corrected chi connectivity index (χ1v) is 8.34.